The van der Waals surface area contributed by atoms with Crippen LogP contribution in [-0.4, -0.2) is 26.9 Å². The molecule has 0 radical (unpaired) electrons. The molecular formula is C17H21N3O3. The molecule has 1 unspecified atom stereocenters. The second kappa shape index (κ2) is 7.32. The molecule has 0 bridgehead atoms. The van der Waals surface area contributed by atoms with Gasteiger partial charge in [0.2, 0.25) is 0 Å². The highest BCUT2D eigenvalue weighted by Gasteiger charge is 2.41. The summed E-state index contributed by atoms with van der Waals surface area (Å²) in [4.78, 5) is 15.9. The van der Waals surface area contributed by atoms with Crippen LogP contribution in [0.5, 0.6) is 0 Å². The van der Waals surface area contributed by atoms with E-state index in [1.807, 2.05) is 13.8 Å². The SMILES string of the molecule is CC#CCC#Cc1cn([C@@H]2O[C@H](CC)[C@H](C)C2O)c(=O)nc1N. The Kier molecular flexibility index (Phi) is 5.44. The summed E-state index contributed by atoms with van der Waals surface area (Å²) in [6.45, 7) is 5.62. The Morgan fingerprint density at radius 1 is 1.48 bits per heavy atom. The molecule has 3 N–H and O–H groups in total. The van der Waals surface area contributed by atoms with E-state index in [-0.39, 0.29) is 17.8 Å². The van der Waals surface area contributed by atoms with Crippen LogP contribution >= 0.6 is 0 Å². The number of aliphatic hydroxyl groups excluding tert-OH is 1. The van der Waals surface area contributed by atoms with E-state index in [2.05, 4.69) is 28.7 Å². The third kappa shape index (κ3) is 3.56. The summed E-state index contributed by atoms with van der Waals surface area (Å²) in [6, 6.07) is 0. The molecule has 122 valence electrons. The van der Waals surface area contributed by atoms with Crippen molar-refractivity contribution in [3.8, 4) is 23.7 Å². The normalized spacial score (nSPS) is 26.1. The number of nitrogen functional groups attached to an aromatic ring is 1. The fourth-order valence-corrected chi connectivity index (χ4v) is 2.59. The minimum absolute atomic E-state index is 0.0655. The van der Waals surface area contributed by atoms with Crippen LogP contribution in [0.2, 0.25) is 0 Å². The highest BCUT2D eigenvalue weighted by Crippen LogP contribution is 2.34. The average Bonchev–Trinajstić information content (AvgIpc) is 2.81. The lowest BCUT2D eigenvalue weighted by molar-refractivity contribution is -0.0404. The number of anilines is 1. The molecule has 1 fully saturated rings. The van der Waals surface area contributed by atoms with Gasteiger partial charge in [0, 0.05) is 12.1 Å². The van der Waals surface area contributed by atoms with Crippen LogP contribution in [-0.2, 0) is 4.74 Å². The Morgan fingerprint density at radius 3 is 2.83 bits per heavy atom. The summed E-state index contributed by atoms with van der Waals surface area (Å²) < 4.78 is 7.07. The maximum absolute atomic E-state index is 12.1. The van der Waals surface area contributed by atoms with Gasteiger partial charge in [0.1, 0.15) is 11.9 Å². The third-order valence-corrected chi connectivity index (χ3v) is 3.97. The van der Waals surface area contributed by atoms with E-state index in [0.29, 0.717) is 12.0 Å². The van der Waals surface area contributed by atoms with Gasteiger partial charge in [-0.15, -0.1) is 5.92 Å². The summed E-state index contributed by atoms with van der Waals surface area (Å²) in [6.07, 6.45) is 1.01. The summed E-state index contributed by atoms with van der Waals surface area (Å²) in [5.74, 6) is 11.3. The van der Waals surface area contributed by atoms with Crippen LogP contribution in [0.1, 0.15) is 45.4 Å². The van der Waals surface area contributed by atoms with Crippen molar-refractivity contribution in [3.63, 3.8) is 0 Å². The van der Waals surface area contributed by atoms with Crippen molar-refractivity contribution in [2.75, 3.05) is 5.73 Å². The standard InChI is InChI=1S/C17H21N3O3/c1-4-6-7-8-9-12-10-20(17(22)19-15(12)18)16-14(21)11(3)13(5-2)23-16/h10-11,13-14,16,21H,5,7H2,1-3H3,(H2,18,19,22)/t11-,13+,14?,16+/m0/s1. The zero-order chi connectivity index (χ0) is 17.0. The Balaban J connectivity index is 2.37. The Labute approximate surface area is 135 Å². The van der Waals surface area contributed by atoms with Crippen LogP contribution in [0, 0.1) is 29.6 Å². The lowest BCUT2D eigenvalue weighted by Gasteiger charge is -2.18. The van der Waals surface area contributed by atoms with Crippen LogP contribution in [0.4, 0.5) is 5.82 Å². The van der Waals surface area contributed by atoms with Crippen molar-refractivity contribution in [2.24, 2.45) is 5.92 Å². The minimum Gasteiger partial charge on any atom is -0.388 e. The zero-order valence-corrected chi connectivity index (χ0v) is 13.5. The van der Waals surface area contributed by atoms with E-state index in [1.165, 1.54) is 10.8 Å². The molecule has 0 aromatic carbocycles. The zero-order valence-electron chi connectivity index (χ0n) is 13.5. The van der Waals surface area contributed by atoms with Gasteiger partial charge < -0.3 is 15.6 Å². The number of aliphatic hydroxyl groups is 1. The maximum Gasteiger partial charge on any atom is 0.351 e. The van der Waals surface area contributed by atoms with Gasteiger partial charge in [-0.2, -0.15) is 4.98 Å². The molecular weight excluding hydrogens is 294 g/mol. The second-order valence-corrected chi connectivity index (χ2v) is 5.46. The molecule has 1 aromatic rings. The number of hydrogen-bond acceptors (Lipinski definition) is 5. The van der Waals surface area contributed by atoms with Gasteiger partial charge in [0.25, 0.3) is 0 Å². The fourth-order valence-electron chi connectivity index (χ4n) is 2.59. The molecule has 1 aliphatic rings. The smallest absolute Gasteiger partial charge is 0.351 e. The Morgan fingerprint density at radius 2 is 2.22 bits per heavy atom. The van der Waals surface area contributed by atoms with Crippen molar-refractivity contribution in [3.05, 3.63) is 22.2 Å². The van der Waals surface area contributed by atoms with Crippen LogP contribution in [0.25, 0.3) is 0 Å². The third-order valence-electron chi connectivity index (χ3n) is 3.97. The molecule has 2 heterocycles. The van der Waals surface area contributed by atoms with E-state index in [1.54, 1.807) is 6.92 Å². The topological polar surface area (TPSA) is 90.4 Å². The number of ether oxygens (including phenoxy) is 1. The molecule has 1 saturated heterocycles. The highest BCUT2D eigenvalue weighted by atomic mass is 16.5. The molecule has 6 nitrogen and oxygen atoms in total. The summed E-state index contributed by atoms with van der Waals surface area (Å²) in [5, 5.41) is 10.3. The molecule has 6 heteroatoms. The molecule has 0 saturated carbocycles. The molecule has 0 aliphatic carbocycles. The van der Waals surface area contributed by atoms with E-state index in [0.717, 1.165) is 6.42 Å². The van der Waals surface area contributed by atoms with Crippen molar-refractivity contribution in [1.82, 2.24) is 9.55 Å². The average molecular weight is 315 g/mol. The van der Waals surface area contributed by atoms with Gasteiger partial charge in [-0.05, 0) is 13.3 Å². The van der Waals surface area contributed by atoms with Gasteiger partial charge in [0.15, 0.2) is 6.23 Å². The largest absolute Gasteiger partial charge is 0.388 e. The molecule has 4 atom stereocenters. The highest BCUT2D eigenvalue weighted by molar-refractivity contribution is 5.49. The van der Waals surface area contributed by atoms with E-state index in [4.69, 9.17) is 10.5 Å². The predicted molar refractivity (Wildman–Crippen MR) is 87.2 cm³/mol. The molecule has 1 aromatic heterocycles. The van der Waals surface area contributed by atoms with E-state index >= 15 is 0 Å². The first-order valence-electron chi connectivity index (χ1n) is 7.60. The van der Waals surface area contributed by atoms with Gasteiger partial charge in [-0.25, -0.2) is 4.79 Å². The van der Waals surface area contributed by atoms with Gasteiger partial charge >= 0.3 is 5.69 Å². The number of hydrogen-bond donors (Lipinski definition) is 2. The summed E-state index contributed by atoms with van der Waals surface area (Å²) in [5.41, 5.74) is 5.61. The fraction of sp³-hybridized carbons (Fsp3) is 0.529. The van der Waals surface area contributed by atoms with Gasteiger partial charge in [0.05, 0.1) is 18.1 Å². The van der Waals surface area contributed by atoms with Crippen molar-refractivity contribution < 1.29 is 9.84 Å². The van der Waals surface area contributed by atoms with Gasteiger partial charge in [-0.3, -0.25) is 4.57 Å². The number of nitrogens with zero attached hydrogens (tertiary/aromatic N) is 2. The van der Waals surface area contributed by atoms with Crippen LogP contribution in [0.3, 0.4) is 0 Å². The quantitative estimate of drug-likeness (QED) is 0.791. The molecule has 0 spiro atoms. The summed E-state index contributed by atoms with van der Waals surface area (Å²) >= 11 is 0. The molecule has 2 rings (SSSR count). The first kappa shape index (κ1) is 17.1. The maximum atomic E-state index is 12.1. The van der Waals surface area contributed by atoms with Crippen LogP contribution in [0.15, 0.2) is 11.0 Å². The Hall–Kier alpha value is -2.28. The lowest BCUT2D eigenvalue weighted by Crippen LogP contribution is -2.33. The summed E-state index contributed by atoms with van der Waals surface area (Å²) in [7, 11) is 0. The van der Waals surface area contributed by atoms with Crippen molar-refractivity contribution in [2.45, 2.75) is 52.0 Å². The number of rotatable bonds is 2. The van der Waals surface area contributed by atoms with E-state index < -0.39 is 18.0 Å². The van der Waals surface area contributed by atoms with Crippen molar-refractivity contribution >= 4 is 5.82 Å². The first-order chi connectivity index (χ1) is 11.0. The lowest BCUT2D eigenvalue weighted by atomic mass is 9.99. The minimum atomic E-state index is -0.783. The van der Waals surface area contributed by atoms with Crippen LogP contribution < -0.4 is 11.4 Å². The Bertz CT molecular complexity index is 748. The van der Waals surface area contributed by atoms with Gasteiger partial charge in [-0.1, -0.05) is 31.6 Å². The monoisotopic (exact) mass is 315 g/mol. The second-order valence-electron chi connectivity index (χ2n) is 5.46. The first-order valence-corrected chi connectivity index (χ1v) is 7.60. The predicted octanol–water partition coefficient (Wildman–Crippen LogP) is 0.895. The molecule has 1 aliphatic heterocycles. The molecule has 0 amide bonds. The van der Waals surface area contributed by atoms with E-state index in [9.17, 15) is 9.90 Å². The molecule has 23 heavy (non-hydrogen) atoms. The van der Waals surface area contributed by atoms with Crippen molar-refractivity contribution in [1.29, 1.82) is 0 Å². The number of nitrogens with two attached hydrogens (primary N) is 1. The number of aromatic nitrogens is 2.